The van der Waals surface area contributed by atoms with Gasteiger partial charge in [-0.15, -0.1) is 0 Å². The largest absolute Gasteiger partial charge is 0.271 e. The van der Waals surface area contributed by atoms with E-state index in [0.29, 0.717) is 5.56 Å². The summed E-state index contributed by atoms with van der Waals surface area (Å²) in [5.74, 6) is -0.196. The van der Waals surface area contributed by atoms with E-state index in [9.17, 15) is 4.79 Å². The van der Waals surface area contributed by atoms with Crippen LogP contribution in [-0.4, -0.2) is 12.1 Å². The molecular formula is C17H18N2O. The average Bonchev–Trinajstić information content (AvgIpc) is 2.44. The molecule has 1 amide bonds. The lowest BCUT2D eigenvalue weighted by Crippen LogP contribution is -2.17. The first-order chi connectivity index (χ1) is 9.58. The average molecular weight is 266 g/mol. The van der Waals surface area contributed by atoms with Crippen molar-refractivity contribution in [1.29, 1.82) is 0 Å². The van der Waals surface area contributed by atoms with E-state index in [4.69, 9.17) is 0 Å². The number of carbonyl (C=O) groups excluding carboxylic acids is 1. The van der Waals surface area contributed by atoms with Crippen molar-refractivity contribution in [3.63, 3.8) is 0 Å². The number of nitrogens with one attached hydrogen (secondary N) is 1. The molecule has 0 aromatic heterocycles. The number of rotatable bonds is 3. The number of aryl methyl sites for hydroxylation is 3. The highest BCUT2D eigenvalue weighted by Crippen LogP contribution is 2.09. The summed E-state index contributed by atoms with van der Waals surface area (Å²) < 4.78 is 0. The van der Waals surface area contributed by atoms with Gasteiger partial charge in [-0.3, -0.25) is 4.79 Å². The monoisotopic (exact) mass is 266 g/mol. The predicted molar refractivity (Wildman–Crippen MR) is 82.2 cm³/mol. The van der Waals surface area contributed by atoms with Crippen LogP contribution >= 0.6 is 0 Å². The van der Waals surface area contributed by atoms with Crippen LogP contribution in [0.1, 0.15) is 32.6 Å². The molecule has 102 valence electrons. The van der Waals surface area contributed by atoms with Crippen LogP contribution in [-0.2, 0) is 0 Å². The van der Waals surface area contributed by atoms with E-state index in [2.05, 4.69) is 10.5 Å². The first kappa shape index (κ1) is 14.0. The predicted octanol–water partition coefficient (Wildman–Crippen LogP) is 3.38. The Balaban J connectivity index is 2.05. The van der Waals surface area contributed by atoms with E-state index in [0.717, 1.165) is 16.7 Å². The van der Waals surface area contributed by atoms with Gasteiger partial charge in [-0.1, -0.05) is 30.3 Å². The summed E-state index contributed by atoms with van der Waals surface area (Å²) in [7, 11) is 0. The van der Waals surface area contributed by atoms with Gasteiger partial charge in [-0.2, -0.15) is 5.10 Å². The van der Waals surface area contributed by atoms with Crippen molar-refractivity contribution in [3.05, 3.63) is 70.3 Å². The third-order valence-corrected chi connectivity index (χ3v) is 3.33. The molecular weight excluding hydrogens is 248 g/mol. The maximum absolute atomic E-state index is 12.0. The molecule has 0 heterocycles. The van der Waals surface area contributed by atoms with Gasteiger partial charge in [0.05, 0.1) is 6.21 Å². The SMILES string of the molecule is Cc1ccc(C(=O)NN=Cc2ccccc2C)cc1C. The Morgan fingerprint density at radius 1 is 1.00 bits per heavy atom. The number of carbonyl (C=O) groups is 1. The minimum Gasteiger partial charge on any atom is -0.267 e. The third-order valence-electron chi connectivity index (χ3n) is 3.33. The molecule has 0 unspecified atom stereocenters. The number of hydrazone groups is 1. The quantitative estimate of drug-likeness (QED) is 0.671. The van der Waals surface area contributed by atoms with Crippen LogP contribution in [0, 0.1) is 20.8 Å². The Labute approximate surface area is 119 Å². The molecule has 2 aromatic rings. The minimum atomic E-state index is -0.196. The molecule has 0 spiro atoms. The molecule has 0 saturated carbocycles. The normalized spacial score (nSPS) is 10.8. The topological polar surface area (TPSA) is 41.5 Å². The summed E-state index contributed by atoms with van der Waals surface area (Å²) in [6.07, 6.45) is 1.66. The standard InChI is InChI=1S/C17H18N2O/c1-12-8-9-15(10-14(12)3)17(20)19-18-11-16-7-5-4-6-13(16)2/h4-11H,1-3H3,(H,19,20). The molecule has 0 radical (unpaired) electrons. The minimum absolute atomic E-state index is 0.196. The molecule has 20 heavy (non-hydrogen) atoms. The number of hydrogen-bond donors (Lipinski definition) is 1. The van der Waals surface area contributed by atoms with E-state index in [-0.39, 0.29) is 5.91 Å². The molecule has 2 aromatic carbocycles. The summed E-state index contributed by atoms with van der Waals surface area (Å²) in [6.45, 7) is 6.02. The maximum atomic E-state index is 12.0. The van der Waals surface area contributed by atoms with Gasteiger partial charge < -0.3 is 0 Å². The van der Waals surface area contributed by atoms with Gasteiger partial charge in [-0.05, 0) is 55.2 Å². The molecule has 0 bridgehead atoms. The van der Waals surface area contributed by atoms with Gasteiger partial charge in [0.15, 0.2) is 0 Å². The molecule has 0 aliphatic rings. The Morgan fingerprint density at radius 3 is 2.45 bits per heavy atom. The first-order valence-electron chi connectivity index (χ1n) is 6.54. The second kappa shape index (κ2) is 6.15. The second-order valence-electron chi connectivity index (χ2n) is 4.85. The fourth-order valence-electron chi connectivity index (χ4n) is 1.84. The zero-order chi connectivity index (χ0) is 14.5. The third kappa shape index (κ3) is 3.32. The zero-order valence-electron chi connectivity index (χ0n) is 12.0. The van der Waals surface area contributed by atoms with Crippen molar-refractivity contribution in [3.8, 4) is 0 Å². The van der Waals surface area contributed by atoms with Crippen LogP contribution in [0.4, 0.5) is 0 Å². The van der Waals surface area contributed by atoms with Crippen molar-refractivity contribution < 1.29 is 4.79 Å². The van der Waals surface area contributed by atoms with Gasteiger partial charge in [-0.25, -0.2) is 5.43 Å². The van der Waals surface area contributed by atoms with Gasteiger partial charge >= 0.3 is 0 Å². The molecule has 0 fully saturated rings. The van der Waals surface area contributed by atoms with Gasteiger partial charge in [0.25, 0.3) is 5.91 Å². The summed E-state index contributed by atoms with van der Waals surface area (Å²) in [6, 6.07) is 13.5. The highest BCUT2D eigenvalue weighted by Gasteiger charge is 2.05. The van der Waals surface area contributed by atoms with E-state index in [1.54, 1.807) is 12.3 Å². The Kier molecular flexibility index (Phi) is 4.31. The van der Waals surface area contributed by atoms with Crippen molar-refractivity contribution in [2.75, 3.05) is 0 Å². The zero-order valence-corrected chi connectivity index (χ0v) is 12.0. The first-order valence-corrected chi connectivity index (χ1v) is 6.54. The molecule has 1 N–H and O–H groups in total. The maximum Gasteiger partial charge on any atom is 0.271 e. The fourth-order valence-corrected chi connectivity index (χ4v) is 1.84. The van der Waals surface area contributed by atoms with Crippen LogP contribution in [0.15, 0.2) is 47.6 Å². The van der Waals surface area contributed by atoms with Gasteiger partial charge in [0.2, 0.25) is 0 Å². The van der Waals surface area contributed by atoms with Crippen molar-refractivity contribution in [2.45, 2.75) is 20.8 Å². The van der Waals surface area contributed by atoms with Crippen LogP contribution in [0.2, 0.25) is 0 Å². The molecule has 2 rings (SSSR count). The van der Waals surface area contributed by atoms with Crippen LogP contribution < -0.4 is 5.43 Å². The Bertz CT molecular complexity index is 660. The van der Waals surface area contributed by atoms with Gasteiger partial charge in [0.1, 0.15) is 0 Å². The van der Waals surface area contributed by atoms with Crippen molar-refractivity contribution in [1.82, 2.24) is 5.43 Å². The summed E-state index contributed by atoms with van der Waals surface area (Å²) in [5, 5.41) is 4.01. The molecule has 3 nitrogen and oxygen atoms in total. The van der Waals surface area contributed by atoms with Crippen molar-refractivity contribution >= 4 is 12.1 Å². The lowest BCUT2D eigenvalue weighted by Gasteiger charge is -2.04. The summed E-state index contributed by atoms with van der Waals surface area (Å²) in [4.78, 5) is 12.0. The number of nitrogens with zero attached hydrogens (tertiary/aromatic N) is 1. The summed E-state index contributed by atoms with van der Waals surface area (Å²) >= 11 is 0. The van der Waals surface area contributed by atoms with Gasteiger partial charge in [0, 0.05) is 5.56 Å². The highest BCUT2D eigenvalue weighted by molar-refractivity contribution is 5.95. The Morgan fingerprint density at radius 2 is 1.75 bits per heavy atom. The number of hydrogen-bond acceptors (Lipinski definition) is 2. The highest BCUT2D eigenvalue weighted by atomic mass is 16.2. The Hall–Kier alpha value is -2.42. The number of amides is 1. The van der Waals surface area contributed by atoms with E-state index in [1.165, 1.54) is 5.56 Å². The molecule has 3 heteroatoms. The number of benzene rings is 2. The molecule has 0 aliphatic carbocycles. The molecule has 0 saturated heterocycles. The lowest BCUT2D eigenvalue weighted by molar-refractivity contribution is 0.0955. The lowest BCUT2D eigenvalue weighted by atomic mass is 10.1. The summed E-state index contributed by atoms with van der Waals surface area (Å²) in [5.41, 5.74) is 7.56. The van der Waals surface area contributed by atoms with Crippen LogP contribution in [0.5, 0.6) is 0 Å². The van der Waals surface area contributed by atoms with Crippen molar-refractivity contribution in [2.24, 2.45) is 5.10 Å². The molecule has 0 atom stereocenters. The fraction of sp³-hybridized carbons (Fsp3) is 0.176. The second-order valence-corrected chi connectivity index (χ2v) is 4.85. The van der Waals surface area contributed by atoms with Crippen LogP contribution in [0.25, 0.3) is 0 Å². The van der Waals surface area contributed by atoms with Crippen LogP contribution in [0.3, 0.4) is 0 Å². The van der Waals surface area contributed by atoms with E-state index in [1.807, 2.05) is 57.2 Å². The van der Waals surface area contributed by atoms with E-state index < -0.39 is 0 Å². The van der Waals surface area contributed by atoms with E-state index >= 15 is 0 Å². The molecule has 0 aliphatic heterocycles. The smallest absolute Gasteiger partial charge is 0.267 e.